The number of nitrogens with zero attached hydrogens (tertiary/aromatic N) is 1. The summed E-state index contributed by atoms with van der Waals surface area (Å²) in [6.45, 7) is 1.71. The standard InChI is InChI=1S/C25H23NO5S/c1-2-31-24(28)25(18-17-19-11-5-3-6-12-19)21-15-9-10-16-22(21)32(29,30)26(25)23(27)20-13-7-4-8-14-20/h3-16H,2,17-18H2,1H3/t25-/m1/s1. The second-order valence-corrected chi connectivity index (χ2v) is 9.26. The second kappa shape index (κ2) is 8.59. The van der Waals surface area contributed by atoms with Gasteiger partial charge in [-0.3, -0.25) is 4.79 Å². The van der Waals surface area contributed by atoms with Gasteiger partial charge in [-0.2, -0.15) is 0 Å². The van der Waals surface area contributed by atoms with Crippen LogP contribution < -0.4 is 0 Å². The first kappa shape index (κ1) is 21.8. The van der Waals surface area contributed by atoms with E-state index in [4.69, 9.17) is 4.74 Å². The van der Waals surface area contributed by atoms with Crippen molar-refractivity contribution in [2.75, 3.05) is 6.61 Å². The van der Waals surface area contributed by atoms with Crippen LogP contribution in [0, 0.1) is 0 Å². The topological polar surface area (TPSA) is 80.8 Å². The SMILES string of the molecule is CCOC(=O)[C@@]1(CCc2ccccc2)c2ccccc2S(=O)(=O)N1C(=O)c1ccccc1. The van der Waals surface area contributed by atoms with Gasteiger partial charge < -0.3 is 4.74 Å². The summed E-state index contributed by atoms with van der Waals surface area (Å²) in [7, 11) is -4.29. The lowest BCUT2D eigenvalue weighted by Gasteiger charge is -2.35. The fourth-order valence-corrected chi connectivity index (χ4v) is 6.14. The van der Waals surface area contributed by atoms with Gasteiger partial charge >= 0.3 is 5.97 Å². The van der Waals surface area contributed by atoms with Crippen molar-refractivity contribution in [3.8, 4) is 0 Å². The van der Waals surface area contributed by atoms with Crippen LogP contribution in [-0.2, 0) is 31.5 Å². The van der Waals surface area contributed by atoms with Crippen LogP contribution in [0.4, 0.5) is 0 Å². The molecule has 0 bridgehead atoms. The Morgan fingerprint density at radius 3 is 2.12 bits per heavy atom. The van der Waals surface area contributed by atoms with Crippen LogP contribution in [0.15, 0.2) is 89.8 Å². The molecular weight excluding hydrogens is 426 g/mol. The zero-order valence-electron chi connectivity index (χ0n) is 17.6. The molecule has 0 unspecified atom stereocenters. The van der Waals surface area contributed by atoms with E-state index in [0.29, 0.717) is 6.42 Å². The van der Waals surface area contributed by atoms with Crippen molar-refractivity contribution in [2.24, 2.45) is 0 Å². The van der Waals surface area contributed by atoms with Gasteiger partial charge in [0.05, 0.1) is 11.5 Å². The minimum Gasteiger partial charge on any atom is -0.464 e. The molecule has 1 amide bonds. The van der Waals surface area contributed by atoms with Crippen LogP contribution in [0.5, 0.6) is 0 Å². The number of hydrogen-bond acceptors (Lipinski definition) is 5. The molecule has 32 heavy (non-hydrogen) atoms. The van der Waals surface area contributed by atoms with Gasteiger partial charge in [0.25, 0.3) is 15.9 Å². The van der Waals surface area contributed by atoms with Crippen molar-refractivity contribution in [3.05, 3.63) is 102 Å². The average Bonchev–Trinajstić information content (AvgIpc) is 3.03. The highest BCUT2D eigenvalue weighted by Gasteiger charge is 2.61. The maximum atomic E-state index is 13.6. The lowest BCUT2D eigenvalue weighted by molar-refractivity contribution is -0.154. The van der Waals surface area contributed by atoms with Gasteiger partial charge in [0.15, 0.2) is 5.54 Å². The molecule has 0 N–H and O–H groups in total. The van der Waals surface area contributed by atoms with Crippen molar-refractivity contribution < 1.29 is 22.7 Å². The van der Waals surface area contributed by atoms with E-state index in [1.165, 1.54) is 18.2 Å². The Balaban J connectivity index is 1.93. The Kier molecular flexibility index (Phi) is 5.84. The van der Waals surface area contributed by atoms with E-state index >= 15 is 0 Å². The molecule has 1 heterocycles. The van der Waals surface area contributed by atoms with Crippen LogP contribution in [0.25, 0.3) is 0 Å². The highest BCUT2D eigenvalue weighted by molar-refractivity contribution is 7.90. The fourth-order valence-electron chi connectivity index (χ4n) is 4.18. The molecule has 0 saturated heterocycles. The number of rotatable bonds is 6. The van der Waals surface area contributed by atoms with Gasteiger partial charge in [0, 0.05) is 11.1 Å². The third-order valence-electron chi connectivity index (χ3n) is 5.63. The summed E-state index contributed by atoms with van der Waals surface area (Å²) in [5.41, 5.74) is -0.435. The minimum absolute atomic E-state index is 0.0506. The van der Waals surface area contributed by atoms with E-state index in [1.54, 1.807) is 43.3 Å². The van der Waals surface area contributed by atoms with E-state index in [0.717, 1.165) is 9.87 Å². The van der Waals surface area contributed by atoms with E-state index in [9.17, 15) is 18.0 Å². The van der Waals surface area contributed by atoms with E-state index in [2.05, 4.69) is 0 Å². The molecule has 0 saturated carbocycles. The van der Waals surface area contributed by atoms with Gasteiger partial charge in [-0.15, -0.1) is 0 Å². The molecule has 1 aliphatic rings. The molecule has 164 valence electrons. The number of hydrogen-bond donors (Lipinski definition) is 0. The Bertz CT molecular complexity index is 1240. The maximum absolute atomic E-state index is 13.6. The number of esters is 1. The minimum atomic E-state index is -4.29. The maximum Gasteiger partial charge on any atom is 0.337 e. The highest BCUT2D eigenvalue weighted by Crippen LogP contribution is 2.48. The normalized spacial score (nSPS) is 18.7. The first-order chi connectivity index (χ1) is 15.4. The number of sulfonamides is 1. The molecule has 3 aromatic carbocycles. The lowest BCUT2D eigenvalue weighted by Crippen LogP contribution is -2.53. The van der Waals surface area contributed by atoms with Crippen molar-refractivity contribution in [1.82, 2.24) is 4.31 Å². The van der Waals surface area contributed by atoms with Crippen LogP contribution in [0.2, 0.25) is 0 Å². The van der Waals surface area contributed by atoms with Gasteiger partial charge in [0.2, 0.25) is 0 Å². The van der Waals surface area contributed by atoms with Crippen molar-refractivity contribution in [1.29, 1.82) is 0 Å². The molecule has 0 aromatic heterocycles. The largest absolute Gasteiger partial charge is 0.464 e. The number of carbonyl (C=O) groups excluding carboxylic acids is 2. The molecule has 7 heteroatoms. The number of fused-ring (bicyclic) bond motifs is 1. The first-order valence-corrected chi connectivity index (χ1v) is 11.8. The Hall–Kier alpha value is -3.45. The molecule has 1 atom stereocenters. The molecule has 0 aliphatic carbocycles. The number of benzene rings is 3. The van der Waals surface area contributed by atoms with Gasteiger partial charge in [-0.25, -0.2) is 17.5 Å². The predicted octanol–water partition coefficient (Wildman–Crippen LogP) is 3.92. The Morgan fingerprint density at radius 1 is 0.875 bits per heavy atom. The quantitative estimate of drug-likeness (QED) is 0.533. The van der Waals surface area contributed by atoms with Crippen LogP contribution >= 0.6 is 0 Å². The smallest absolute Gasteiger partial charge is 0.337 e. The van der Waals surface area contributed by atoms with Crippen LogP contribution in [0.3, 0.4) is 0 Å². The molecule has 3 aromatic rings. The molecule has 0 spiro atoms. The second-order valence-electron chi connectivity index (χ2n) is 7.50. The Labute approximate surface area is 187 Å². The summed E-state index contributed by atoms with van der Waals surface area (Å²) < 4.78 is 33.4. The zero-order chi connectivity index (χ0) is 22.8. The third kappa shape index (κ3) is 3.48. The zero-order valence-corrected chi connectivity index (χ0v) is 18.4. The molecule has 1 aliphatic heterocycles. The molecule has 0 radical (unpaired) electrons. The first-order valence-electron chi connectivity index (χ1n) is 10.4. The third-order valence-corrected chi connectivity index (χ3v) is 7.50. The number of amides is 1. The van der Waals surface area contributed by atoms with Gasteiger partial charge in [-0.05, 0) is 43.5 Å². The van der Waals surface area contributed by atoms with Crippen molar-refractivity contribution in [2.45, 2.75) is 30.2 Å². The Morgan fingerprint density at radius 2 is 1.47 bits per heavy atom. The summed E-state index contributed by atoms with van der Waals surface area (Å²) in [4.78, 5) is 27.1. The van der Waals surface area contributed by atoms with Crippen molar-refractivity contribution in [3.63, 3.8) is 0 Å². The fraction of sp³-hybridized carbons (Fsp3) is 0.200. The predicted molar refractivity (Wildman–Crippen MR) is 119 cm³/mol. The summed E-state index contributed by atoms with van der Waals surface area (Å²) >= 11 is 0. The van der Waals surface area contributed by atoms with E-state index in [-0.39, 0.29) is 29.1 Å². The molecule has 0 fully saturated rings. The van der Waals surface area contributed by atoms with E-state index < -0.39 is 27.4 Å². The average molecular weight is 450 g/mol. The highest BCUT2D eigenvalue weighted by atomic mass is 32.2. The molecular formula is C25H23NO5S. The van der Waals surface area contributed by atoms with E-state index in [1.807, 2.05) is 30.3 Å². The van der Waals surface area contributed by atoms with Gasteiger partial charge in [-0.1, -0.05) is 66.7 Å². The summed E-state index contributed by atoms with van der Waals surface area (Å²) in [6, 6.07) is 23.8. The summed E-state index contributed by atoms with van der Waals surface area (Å²) in [5, 5.41) is 0. The molecule has 4 rings (SSSR count). The molecule has 6 nitrogen and oxygen atoms in total. The number of aryl methyl sites for hydroxylation is 1. The summed E-state index contributed by atoms with van der Waals surface area (Å²) in [5.74, 6) is -1.52. The summed E-state index contributed by atoms with van der Waals surface area (Å²) in [6.07, 6.45) is 0.437. The van der Waals surface area contributed by atoms with Crippen LogP contribution in [0.1, 0.15) is 34.8 Å². The number of carbonyl (C=O) groups is 2. The van der Waals surface area contributed by atoms with Crippen LogP contribution in [-0.4, -0.2) is 31.2 Å². The van der Waals surface area contributed by atoms with Crippen molar-refractivity contribution >= 4 is 21.9 Å². The lowest BCUT2D eigenvalue weighted by atomic mass is 9.83. The van der Waals surface area contributed by atoms with Gasteiger partial charge in [0.1, 0.15) is 0 Å². The monoisotopic (exact) mass is 449 g/mol. The number of ether oxygens (including phenoxy) is 1.